The molecule has 1 amide bonds. The zero-order valence-corrected chi connectivity index (χ0v) is 15.1. The third kappa shape index (κ3) is 5.09. The van der Waals surface area contributed by atoms with E-state index in [9.17, 15) is 9.59 Å². The van der Waals surface area contributed by atoms with E-state index in [1.54, 1.807) is 23.1 Å². The van der Waals surface area contributed by atoms with Gasteiger partial charge >= 0.3 is 5.97 Å². The van der Waals surface area contributed by atoms with Crippen LogP contribution in [-0.4, -0.2) is 68.3 Å². The zero-order chi connectivity index (χ0) is 18.2. The second-order valence-corrected chi connectivity index (χ2v) is 5.71. The van der Waals surface area contributed by atoms with Gasteiger partial charge in [-0.2, -0.15) is 0 Å². The summed E-state index contributed by atoms with van der Waals surface area (Å²) in [5, 5.41) is 0. The molecule has 0 atom stereocenters. The molecule has 1 aliphatic rings. The largest absolute Gasteiger partial charge is 0.469 e. The van der Waals surface area contributed by atoms with Crippen molar-refractivity contribution in [3.63, 3.8) is 0 Å². The normalized spacial score (nSPS) is 12.3. The van der Waals surface area contributed by atoms with Crippen molar-refractivity contribution in [2.75, 3.05) is 46.6 Å². The fourth-order valence-electron chi connectivity index (χ4n) is 2.66. The van der Waals surface area contributed by atoms with E-state index < -0.39 is 0 Å². The Labute approximate surface area is 148 Å². The molecule has 0 saturated carbocycles. The third-order valence-corrected chi connectivity index (χ3v) is 4.30. The summed E-state index contributed by atoms with van der Waals surface area (Å²) < 4.78 is 15.3. The van der Waals surface area contributed by atoms with Crippen LogP contribution >= 0.6 is 0 Å². The van der Waals surface area contributed by atoms with Crippen molar-refractivity contribution in [3.8, 4) is 11.5 Å². The summed E-state index contributed by atoms with van der Waals surface area (Å²) in [6, 6.07) is 5.14. The molecule has 25 heavy (non-hydrogen) atoms. The summed E-state index contributed by atoms with van der Waals surface area (Å²) in [7, 11) is 1.35. The number of hydrogen-bond acceptors (Lipinski definition) is 6. The van der Waals surface area contributed by atoms with Gasteiger partial charge in [-0.25, -0.2) is 0 Å². The van der Waals surface area contributed by atoms with Gasteiger partial charge in [-0.1, -0.05) is 13.8 Å². The van der Waals surface area contributed by atoms with Gasteiger partial charge in [-0.3, -0.25) is 9.59 Å². The van der Waals surface area contributed by atoms with Gasteiger partial charge in [0.1, 0.15) is 0 Å². The number of carbonyl (C=O) groups is 2. The Morgan fingerprint density at radius 1 is 1.08 bits per heavy atom. The summed E-state index contributed by atoms with van der Waals surface area (Å²) in [6.45, 7) is 7.79. The fraction of sp³-hybridized carbons (Fsp3) is 0.556. The van der Waals surface area contributed by atoms with Crippen molar-refractivity contribution in [2.45, 2.75) is 20.3 Å². The van der Waals surface area contributed by atoms with Gasteiger partial charge in [0.25, 0.3) is 5.91 Å². The monoisotopic (exact) mass is 350 g/mol. The number of amides is 1. The topological polar surface area (TPSA) is 68.3 Å². The standard InChI is InChI=1S/C18H26N2O5/c1-4-19(5-2)10-11-20(9-8-17(21)23-3)18(22)14-6-7-15-16(12-14)25-13-24-15/h6-7,12H,4-5,8-11,13H2,1-3H3. The van der Waals surface area contributed by atoms with Crippen LogP contribution in [0.4, 0.5) is 0 Å². The quantitative estimate of drug-likeness (QED) is 0.632. The Balaban J connectivity index is 2.08. The number of nitrogens with zero attached hydrogens (tertiary/aromatic N) is 2. The Hall–Kier alpha value is -2.28. The molecule has 2 rings (SSSR count). The number of carbonyl (C=O) groups excluding carboxylic acids is 2. The Morgan fingerprint density at radius 3 is 2.48 bits per heavy atom. The van der Waals surface area contributed by atoms with Crippen molar-refractivity contribution in [3.05, 3.63) is 23.8 Å². The number of likely N-dealkylation sites (N-methyl/N-ethyl adjacent to an activating group) is 1. The highest BCUT2D eigenvalue weighted by molar-refractivity contribution is 5.95. The first kappa shape index (κ1) is 19.1. The SMILES string of the molecule is CCN(CC)CCN(CCC(=O)OC)C(=O)c1ccc2c(c1)OCO2. The van der Waals surface area contributed by atoms with Crippen LogP contribution in [0.3, 0.4) is 0 Å². The predicted molar refractivity (Wildman–Crippen MR) is 92.9 cm³/mol. The van der Waals surface area contributed by atoms with E-state index in [4.69, 9.17) is 14.2 Å². The number of hydrogen-bond donors (Lipinski definition) is 0. The molecule has 0 fully saturated rings. The fourth-order valence-corrected chi connectivity index (χ4v) is 2.66. The lowest BCUT2D eigenvalue weighted by Gasteiger charge is -2.26. The third-order valence-electron chi connectivity index (χ3n) is 4.30. The first-order chi connectivity index (χ1) is 12.1. The number of rotatable bonds is 9. The highest BCUT2D eigenvalue weighted by atomic mass is 16.7. The van der Waals surface area contributed by atoms with E-state index in [1.165, 1.54) is 7.11 Å². The van der Waals surface area contributed by atoms with Crippen molar-refractivity contribution in [2.24, 2.45) is 0 Å². The van der Waals surface area contributed by atoms with E-state index in [0.717, 1.165) is 19.6 Å². The van der Waals surface area contributed by atoms with Crippen LogP contribution < -0.4 is 9.47 Å². The molecule has 7 nitrogen and oxygen atoms in total. The van der Waals surface area contributed by atoms with E-state index in [0.29, 0.717) is 30.2 Å². The van der Waals surface area contributed by atoms with Crippen molar-refractivity contribution in [1.29, 1.82) is 0 Å². The second-order valence-electron chi connectivity index (χ2n) is 5.71. The van der Waals surface area contributed by atoms with Gasteiger partial charge in [0.15, 0.2) is 11.5 Å². The first-order valence-corrected chi connectivity index (χ1v) is 8.57. The molecule has 1 aromatic rings. The van der Waals surface area contributed by atoms with Crippen molar-refractivity contribution >= 4 is 11.9 Å². The van der Waals surface area contributed by atoms with Crippen molar-refractivity contribution in [1.82, 2.24) is 9.80 Å². The molecule has 1 aliphatic heterocycles. The lowest BCUT2D eigenvalue weighted by molar-refractivity contribution is -0.140. The minimum Gasteiger partial charge on any atom is -0.469 e. The number of methoxy groups -OCH3 is 1. The highest BCUT2D eigenvalue weighted by Crippen LogP contribution is 2.32. The molecule has 0 radical (unpaired) electrons. The number of benzene rings is 1. The highest BCUT2D eigenvalue weighted by Gasteiger charge is 2.21. The molecule has 1 aromatic carbocycles. The predicted octanol–water partition coefficient (Wildman–Crippen LogP) is 1.76. The van der Waals surface area contributed by atoms with E-state index in [2.05, 4.69) is 18.7 Å². The van der Waals surface area contributed by atoms with Crippen LogP contribution in [0.15, 0.2) is 18.2 Å². The maximum absolute atomic E-state index is 12.9. The maximum atomic E-state index is 12.9. The molecule has 1 heterocycles. The van der Waals surface area contributed by atoms with Crippen LogP contribution in [-0.2, 0) is 9.53 Å². The van der Waals surface area contributed by atoms with Gasteiger partial charge in [0.05, 0.1) is 13.5 Å². The van der Waals surface area contributed by atoms with Crippen LogP contribution in [0.1, 0.15) is 30.6 Å². The summed E-state index contributed by atoms with van der Waals surface area (Å²) in [6.07, 6.45) is 0.172. The number of ether oxygens (including phenoxy) is 3. The van der Waals surface area contributed by atoms with Crippen LogP contribution in [0.25, 0.3) is 0 Å². The summed E-state index contributed by atoms with van der Waals surface area (Å²) in [5.74, 6) is 0.754. The summed E-state index contributed by atoms with van der Waals surface area (Å²) in [4.78, 5) is 28.3. The minimum absolute atomic E-state index is 0.130. The lowest BCUT2D eigenvalue weighted by Crippen LogP contribution is -2.39. The molecule has 0 bridgehead atoms. The van der Waals surface area contributed by atoms with E-state index in [1.807, 2.05) is 0 Å². The van der Waals surface area contributed by atoms with Gasteiger partial charge in [0.2, 0.25) is 6.79 Å². The Kier molecular flexibility index (Phi) is 7.06. The Morgan fingerprint density at radius 2 is 1.80 bits per heavy atom. The number of fused-ring (bicyclic) bond motifs is 1. The summed E-state index contributed by atoms with van der Waals surface area (Å²) >= 11 is 0. The first-order valence-electron chi connectivity index (χ1n) is 8.57. The average Bonchev–Trinajstić information content (AvgIpc) is 3.11. The molecular formula is C18H26N2O5. The van der Waals surface area contributed by atoms with E-state index in [-0.39, 0.29) is 25.1 Å². The molecule has 0 unspecified atom stereocenters. The van der Waals surface area contributed by atoms with E-state index >= 15 is 0 Å². The average molecular weight is 350 g/mol. The molecule has 0 saturated heterocycles. The molecule has 0 N–H and O–H groups in total. The van der Waals surface area contributed by atoms with Gasteiger partial charge < -0.3 is 24.0 Å². The van der Waals surface area contributed by atoms with Gasteiger partial charge in [0, 0.05) is 25.2 Å². The lowest BCUT2D eigenvalue weighted by atomic mass is 10.1. The van der Waals surface area contributed by atoms with Crippen LogP contribution in [0.2, 0.25) is 0 Å². The summed E-state index contributed by atoms with van der Waals surface area (Å²) in [5.41, 5.74) is 0.522. The van der Waals surface area contributed by atoms with Gasteiger partial charge in [-0.15, -0.1) is 0 Å². The van der Waals surface area contributed by atoms with Crippen molar-refractivity contribution < 1.29 is 23.8 Å². The van der Waals surface area contributed by atoms with Gasteiger partial charge in [-0.05, 0) is 31.3 Å². The Bertz CT molecular complexity index is 601. The molecule has 7 heteroatoms. The molecule has 0 aromatic heterocycles. The molecule has 138 valence electrons. The minimum atomic E-state index is -0.327. The molecule has 0 spiro atoms. The molecule has 0 aliphatic carbocycles. The van der Waals surface area contributed by atoms with Crippen LogP contribution in [0.5, 0.6) is 11.5 Å². The molecular weight excluding hydrogens is 324 g/mol. The maximum Gasteiger partial charge on any atom is 0.307 e. The second kappa shape index (κ2) is 9.27. The number of esters is 1. The van der Waals surface area contributed by atoms with Crippen LogP contribution in [0, 0.1) is 0 Å². The smallest absolute Gasteiger partial charge is 0.307 e. The zero-order valence-electron chi connectivity index (χ0n) is 15.1.